The Morgan fingerprint density at radius 3 is 2.55 bits per heavy atom. The highest BCUT2D eigenvalue weighted by atomic mass is 15.0. The van der Waals surface area contributed by atoms with Crippen molar-refractivity contribution in [1.29, 1.82) is 0 Å². The standard InChI is InChI=1S/C20H18N2/c1-3-7-16-14(2)21-20-17(16)10-11-19-18(20)12-13-22(19)15-8-5-4-6-9-15/h3-13,21H,1-2H3/b7-3-. The molecule has 0 amide bonds. The predicted octanol–water partition coefficient (Wildman–Crippen LogP) is 5.45. The van der Waals surface area contributed by atoms with Crippen molar-refractivity contribution in [3.63, 3.8) is 0 Å². The summed E-state index contributed by atoms with van der Waals surface area (Å²) in [6.45, 7) is 4.19. The molecule has 0 radical (unpaired) electrons. The predicted molar refractivity (Wildman–Crippen MR) is 94.6 cm³/mol. The van der Waals surface area contributed by atoms with Gasteiger partial charge < -0.3 is 9.55 Å². The third-order valence-electron chi connectivity index (χ3n) is 4.25. The number of hydrogen-bond acceptors (Lipinski definition) is 0. The molecule has 2 heterocycles. The summed E-state index contributed by atoms with van der Waals surface area (Å²) < 4.78 is 2.24. The van der Waals surface area contributed by atoms with Crippen LogP contribution in [0, 0.1) is 6.92 Å². The Morgan fingerprint density at radius 1 is 0.955 bits per heavy atom. The number of allylic oxidation sites excluding steroid dienone is 1. The molecule has 0 bridgehead atoms. The SMILES string of the molecule is C/C=C\c1c(C)[nH]c2c1ccc1c2ccn1-c1ccccc1. The molecule has 0 aliphatic rings. The summed E-state index contributed by atoms with van der Waals surface area (Å²) in [6.07, 6.45) is 6.41. The van der Waals surface area contributed by atoms with Gasteiger partial charge in [0.25, 0.3) is 0 Å². The highest BCUT2D eigenvalue weighted by Crippen LogP contribution is 2.31. The molecule has 0 aliphatic carbocycles. The van der Waals surface area contributed by atoms with Gasteiger partial charge in [0.2, 0.25) is 0 Å². The van der Waals surface area contributed by atoms with Crippen LogP contribution in [0.25, 0.3) is 33.6 Å². The third kappa shape index (κ3) is 1.81. The second kappa shape index (κ2) is 4.92. The molecule has 2 nitrogen and oxygen atoms in total. The number of aromatic nitrogens is 2. The molecule has 22 heavy (non-hydrogen) atoms. The summed E-state index contributed by atoms with van der Waals surface area (Å²) >= 11 is 0. The molecule has 0 atom stereocenters. The lowest BCUT2D eigenvalue weighted by Crippen LogP contribution is -1.90. The second-order valence-electron chi connectivity index (χ2n) is 5.61. The highest BCUT2D eigenvalue weighted by Gasteiger charge is 2.11. The molecule has 0 spiro atoms. The fourth-order valence-corrected chi connectivity index (χ4v) is 3.23. The van der Waals surface area contributed by atoms with Crippen LogP contribution in [-0.2, 0) is 0 Å². The van der Waals surface area contributed by atoms with Crippen LogP contribution >= 0.6 is 0 Å². The number of H-pyrrole nitrogens is 1. The van der Waals surface area contributed by atoms with Crippen LogP contribution in [0.5, 0.6) is 0 Å². The molecule has 0 saturated carbocycles. The average molecular weight is 286 g/mol. The van der Waals surface area contributed by atoms with Crippen molar-refractivity contribution < 1.29 is 0 Å². The minimum atomic E-state index is 1.19. The number of rotatable bonds is 2. The fraction of sp³-hybridized carbons (Fsp3) is 0.100. The molecule has 0 aliphatic heterocycles. The van der Waals surface area contributed by atoms with E-state index >= 15 is 0 Å². The molecule has 108 valence electrons. The van der Waals surface area contributed by atoms with Crippen molar-refractivity contribution in [2.45, 2.75) is 13.8 Å². The summed E-state index contributed by atoms with van der Waals surface area (Å²) in [4.78, 5) is 3.56. The smallest absolute Gasteiger partial charge is 0.0557 e. The van der Waals surface area contributed by atoms with Crippen LogP contribution in [0.15, 0.2) is 60.8 Å². The Labute approximate surface area is 129 Å². The van der Waals surface area contributed by atoms with E-state index in [9.17, 15) is 0 Å². The highest BCUT2D eigenvalue weighted by molar-refractivity contribution is 6.08. The summed E-state index contributed by atoms with van der Waals surface area (Å²) in [5.74, 6) is 0. The van der Waals surface area contributed by atoms with E-state index in [0.717, 1.165) is 0 Å². The van der Waals surface area contributed by atoms with Gasteiger partial charge in [0.05, 0.1) is 11.0 Å². The van der Waals surface area contributed by atoms with Crippen molar-refractivity contribution >= 4 is 27.9 Å². The minimum Gasteiger partial charge on any atom is -0.358 e. The van der Waals surface area contributed by atoms with Gasteiger partial charge in [-0.15, -0.1) is 0 Å². The number of nitrogens with one attached hydrogen (secondary N) is 1. The first-order valence-corrected chi connectivity index (χ1v) is 7.60. The zero-order chi connectivity index (χ0) is 15.1. The van der Waals surface area contributed by atoms with Crippen molar-refractivity contribution in [1.82, 2.24) is 9.55 Å². The van der Waals surface area contributed by atoms with Gasteiger partial charge in [0.15, 0.2) is 0 Å². The maximum Gasteiger partial charge on any atom is 0.0557 e. The second-order valence-corrected chi connectivity index (χ2v) is 5.61. The molecular formula is C20H18N2. The van der Waals surface area contributed by atoms with E-state index < -0.39 is 0 Å². The molecule has 0 fully saturated rings. The Kier molecular flexibility index (Phi) is 2.90. The van der Waals surface area contributed by atoms with E-state index in [4.69, 9.17) is 0 Å². The number of aromatic amines is 1. The molecule has 4 aromatic rings. The Balaban J connectivity index is 2.03. The number of hydrogen-bond donors (Lipinski definition) is 1. The summed E-state index contributed by atoms with van der Waals surface area (Å²) in [5.41, 5.74) is 6.14. The topological polar surface area (TPSA) is 20.7 Å². The molecule has 2 heteroatoms. The number of aryl methyl sites for hydroxylation is 1. The maximum absolute atomic E-state index is 3.56. The normalized spacial score (nSPS) is 11.9. The van der Waals surface area contributed by atoms with Gasteiger partial charge in [0.1, 0.15) is 0 Å². The lowest BCUT2D eigenvalue weighted by atomic mass is 10.1. The number of benzene rings is 2. The van der Waals surface area contributed by atoms with E-state index in [1.807, 2.05) is 6.07 Å². The molecule has 2 aromatic carbocycles. The van der Waals surface area contributed by atoms with Gasteiger partial charge in [-0.2, -0.15) is 0 Å². The quantitative estimate of drug-likeness (QED) is 0.505. The van der Waals surface area contributed by atoms with E-state index in [1.54, 1.807) is 0 Å². The zero-order valence-electron chi connectivity index (χ0n) is 12.8. The fourth-order valence-electron chi connectivity index (χ4n) is 3.23. The van der Waals surface area contributed by atoms with Gasteiger partial charge in [-0.05, 0) is 38.1 Å². The van der Waals surface area contributed by atoms with Crippen molar-refractivity contribution in [3.8, 4) is 5.69 Å². The van der Waals surface area contributed by atoms with E-state index in [1.165, 1.54) is 38.8 Å². The third-order valence-corrected chi connectivity index (χ3v) is 4.25. The Bertz CT molecular complexity index is 985. The van der Waals surface area contributed by atoms with Gasteiger partial charge in [-0.3, -0.25) is 0 Å². The minimum absolute atomic E-state index is 1.19. The summed E-state index contributed by atoms with van der Waals surface area (Å²) in [5, 5.41) is 2.55. The largest absolute Gasteiger partial charge is 0.358 e. The monoisotopic (exact) mass is 286 g/mol. The summed E-state index contributed by atoms with van der Waals surface area (Å²) in [6, 6.07) is 17.1. The number of para-hydroxylation sites is 1. The first-order chi connectivity index (χ1) is 10.8. The number of nitrogens with zero attached hydrogens (tertiary/aromatic N) is 1. The number of fused-ring (bicyclic) bond motifs is 3. The van der Waals surface area contributed by atoms with E-state index in [2.05, 4.69) is 84.2 Å². The zero-order valence-corrected chi connectivity index (χ0v) is 12.8. The Morgan fingerprint density at radius 2 is 1.77 bits per heavy atom. The molecule has 2 aromatic heterocycles. The average Bonchev–Trinajstić information content (AvgIpc) is 3.10. The first kappa shape index (κ1) is 13.0. The molecule has 0 unspecified atom stereocenters. The Hall–Kier alpha value is -2.74. The van der Waals surface area contributed by atoms with Crippen molar-refractivity contribution in [2.24, 2.45) is 0 Å². The van der Waals surface area contributed by atoms with Crippen molar-refractivity contribution in [2.75, 3.05) is 0 Å². The van der Waals surface area contributed by atoms with Crippen LogP contribution in [0.2, 0.25) is 0 Å². The van der Waals surface area contributed by atoms with Gasteiger partial charge in [-0.1, -0.05) is 36.4 Å². The van der Waals surface area contributed by atoms with Gasteiger partial charge in [0, 0.05) is 33.9 Å². The molecule has 1 N–H and O–H groups in total. The van der Waals surface area contributed by atoms with Gasteiger partial charge >= 0.3 is 0 Å². The first-order valence-electron chi connectivity index (χ1n) is 7.60. The van der Waals surface area contributed by atoms with Crippen LogP contribution < -0.4 is 0 Å². The van der Waals surface area contributed by atoms with Gasteiger partial charge in [-0.25, -0.2) is 0 Å². The van der Waals surface area contributed by atoms with E-state index in [-0.39, 0.29) is 0 Å². The molecule has 0 saturated heterocycles. The van der Waals surface area contributed by atoms with Crippen LogP contribution in [-0.4, -0.2) is 9.55 Å². The summed E-state index contributed by atoms with van der Waals surface area (Å²) in [7, 11) is 0. The van der Waals surface area contributed by atoms with Crippen molar-refractivity contribution in [3.05, 3.63) is 72.1 Å². The molecule has 4 rings (SSSR count). The lowest BCUT2D eigenvalue weighted by molar-refractivity contribution is 1.13. The van der Waals surface area contributed by atoms with E-state index in [0.29, 0.717) is 0 Å². The lowest BCUT2D eigenvalue weighted by Gasteiger charge is -2.05. The molecular weight excluding hydrogens is 268 g/mol. The van der Waals surface area contributed by atoms with Crippen LogP contribution in [0.1, 0.15) is 18.2 Å². The van der Waals surface area contributed by atoms with Crippen LogP contribution in [0.4, 0.5) is 0 Å². The van der Waals surface area contributed by atoms with Crippen LogP contribution in [0.3, 0.4) is 0 Å². The maximum atomic E-state index is 3.56.